The summed E-state index contributed by atoms with van der Waals surface area (Å²) in [7, 11) is 0. The Morgan fingerprint density at radius 1 is 1.41 bits per heavy atom. The average Bonchev–Trinajstić information content (AvgIpc) is 2.74. The Morgan fingerprint density at radius 2 is 2.12 bits per heavy atom. The summed E-state index contributed by atoms with van der Waals surface area (Å²) in [6, 6.07) is 0.121. The van der Waals surface area contributed by atoms with E-state index in [9.17, 15) is 10.0 Å². The highest BCUT2D eigenvalue weighted by molar-refractivity contribution is 5.78. The summed E-state index contributed by atoms with van der Waals surface area (Å²) in [5, 5.41) is 12.3. The van der Waals surface area contributed by atoms with Gasteiger partial charge in [0, 0.05) is 12.5 Å². The lowest BCUT2D eigenvalue weighted by atomic mass is 10.1. The highest BCUT2D eigenvalue weighted by atomic mass is 16.5. The molecule has 0 aromatic rings. The first-order chi connectivity index (χ1) is 8.11. The molecule has 0 aromatic carbocycles. The number of amides is 1. The number of piperidine rings is 1. The van der Waals surface area contributed by atoms with E-state index in [0.29, 0.717) is 13.3 Å². The van der Waals surface area contributed by atoms with Crippen molar-refractivity contribution in [2.75, 3.05) is 33.0 Å². The number of hydrogen-bond acceptors (Lipinski definition) is 3. The highest BCUT2D eigenvalue weighted by Crippen LogP contribution is 2.19. The van der Waals surface area contributed by atoms with Crippen molar-refractivity contribution >= 4 is 5.91 Å². The summed E-state index contributed by atoms with van der Waals surface area (Å²) in [6.45, 7) is 4.71. The monoisotopic (exact) mass is 242 g/mol. The molecule has 0 N–H and O–H groups in total. The van der Waals surface area contributed by atoms with Crippen LogP contribution in [0.3, 0.4) is 0 Å². The second-order valence-electron chi connectivity index (χ2n) is 5.27. The molecule has 98 valence electrons. The van der Waals surface area contributed by atoms with Crippen LogP contribution in [0.4, 0.5) is 0 Å². The van der Waals surface area contributed by atoms with E-state index in [1.807, 2.05) is 6.92 Å². The van der Waals surface area contributed by atoms with Gasteiger partial charge in [-0.3, -0.25) is 4.79 Å². The van der Waals surface area contributed by atoms with Gasteiger partial charge in [-0.15, -0.1) is 0 Å². The molecule has 2 heterocycles. The van der Waals surface area contributed by atoms with E-state index in [-0.39, 0.29) is 23.2 Å². The molecule has 2 rings (SSSR count). The van der Waals surface area contributed by atoms with Crippen molar-refractivity contribution in [3.05, 3.63) is 5.21 Å². The normalized spacial score (nSPS) is 26.2. The number of ether oxygens (including phenoxy) is 1. The lowest BCUT2D eigenvalue weighted by molar-refractivity contribution is -0.885. The fourth-order valence-electron chi connectivity index (χ4n) is 2.65. The SMILES string of the molecule is CC(CC[N+]1([O-])CCCCC1)N1COCC1=O. The number of hydroxylamine groups is 3. The summed E-state index contributed by atoms with van der Waals surface area (Å²) < 4.78 is 5.04. The van der Waals surface area contributed by atoms with Crippen LogP contribution < -0.4 is 0 Å². The zero-order chi connectivity index (χ0) is 12.3. The Bertz CT molecular complexity index is 277. The van der Waals surface area contributed by atoms with E-state index in [4.69, 9.17) is 4.74 Å². The topological polar surface area (TPSA) is 52.6 Å². The molecule has 1 amide bonds. The van der Waals surface area contributed by atoms with Gasteiger partial charge in [0.15, 0.2) is 0 Å². The molecule has 2 aliphatic rings. The van der Waals surface area contributed by atoms with Crippen LogP contribution in [0.5, 0.6) is 0 Å². The van der Waals surface area contributed by atoms with Gasteiger partial charge in [-0.1, -0.05) is 0 Å². The van der Waals surface area contributed by atoms with Crippen LogP contribution in [-0.4, -0.2) is 54.5 Å². The molecule has 2 fully saturated rings. The third-order valence-corrected chi connectivity index (χ3v) is 3.89. The molecule has 5 heteroatoms. The highest BCUT2D eigenvalue weighted by Gasteiger charge is 2.28. The molecule has 0 saturated carbocycles. The maximum Gasteiger partial charge on any atom is 0.250 e. The summed E-state index contributed by atoms with van der Waals surface area (Å²) in [6.07, 6.45) is 4.06. The zero-order valence-electron chi connectivity index (χ0n) is 10.6. The zero-order valence-corrected chi connectivity index (χ0v) is 10.6. The fraction of sp³-hybridized carbons (Fsp3) is 0.917. The van der Waals surface area contributed by atoms with Crippen molar-refractivity contribution in [1.29, 1.82) is 0 Å². The molecular weight excluding hydrogens is 220 g/mol. The number of rotatable bonds is 4. The second kappa shape index (κ2) is 5.33. The lowest BCUT2D eigenvalue weighted by Crippen LogP contribution is -2.48. The van der Waals surface area contributed by atoms with Crippen LogP contribution >= 0.6 is 0 Å². The second-order valence-corrected chi connectivity index (χ2v) is 5.27. The molecule has 0 aliphatic carbocycles. The summed E-state index contributed by atoms with van der Waals surface area (Å²) in [5.74, 6) is 0.0496. The summed E-state index contributed by atoms with van der Waals surface area (Å²) >= 11 is 0. The van der Waals surface area contributed by atoms with Crippen LogP contribution in [0.1, 0.15) is 32.6 Å². The molecule has 0 bridgehead atoms. The van der Waals surface area contributed by atoms with Crippen LogP contribution in [0.15, 0.2) is 0 Å². The molecule has 5 nitrogen and oxygen atoms in total. The summed E-state index contributed by atoms with van der Waals surface area (Å²) in [4.78, 5) is 13.2. The molecule has 0 radical (unpaired) electrons. The van der Waals surface area contributed by atoms with Gasteiger partial charge in [0.2, 0.25) is 0 Å². The predicted molar refractivity (Wildman–Crippen MR) is 63.8 cm³/mol. The maximum absolute atomic E-state index is 12.3. The predicted octanol–water partition coefficient (Wildman–Crippen LogP) is 1.08. The van der Waals surface area contributed by atoms with E-state index in [1.54, 1.807) is 4.90 Å². The van der Waals surface area contributed by atoms with Crippen molar-refractivity contribution < 1.29 is 14.2 Å². The smallest absolute Gasteiger partial charge is 0.250 e. The Labute approximate surface area is 102 Å². The number of nitrogens with zero attached hydrogens (tertiary/aromatic N) is 2. The Morgan fingerprint density at radius 3 is 2.71 bits per heavy atom. The first-order valence-electron chi connectivity index (χ1n) is 6.55. The molecule has 17 heavy (non-hydrogen) atoms. The Kier molecular flexibility index (Phi) is 4.01. The molecule has 0 aromatic heterocycles. The molecule has 2 aliphatic heterocycles. The Balaban J connectivity index is 1.78. The van der Waals surface area contributed by atoms with Gasteiger partial charge in [-0.05, 0) is 26.2 Å². The number of carbonyl (C=O) groups excluding carboxylic acids is 1. The van der Waals surface area contributed by atoms with Crippen molar-refractivity contribution in [2.24, 2.45) is 0 Å². The van der Waals surface area contributed by atoms with Gasteiger partial charge in [0.05, 0.1) is 19.6 Å². The van der Waals surface area contributed by atoms with Crippen LogP contribution in [0, 0.1) is 5.21 Å². The minimum atomic E-state index is -0.0623. The summed E-state index contributed by atoms with van der Waals surface area (Å²) in [5.41, 5.74) is 0. The molecule has 0 spiro atoms. The van der Waals surface area contributed by atoms with E-state index in [0.717, 1.165) is 32.4 Å². The van der Waals surface area contributed by atoms with Crippen molar-refractivity contribution in [2.45, 2.75) is 38.6 Å². The van der Waals surface area contributed by atoms with Gasteiger partial charge >= 0.3 is 0 Å². The van der Waals surface area contributed by atoms with Crippen molar-refractivity contribution in [1.82, 2.24) is 4.90 Å². The van der Waals surface area contributed by atoms with Gasteiger partial charge < -0.3 is 19.5 Å². The minimum Gasteiger partial charge on any atom is -0.633 e. The van der Waals surface area contributed by atoms with Gasteiger partial charge in [-0.25, -0.2) is 0 Å². The van der Waals surface area contributed by atoms with E-state index >= 15 is 0 Å². The quantitative estimate of drug-likeness (QED) is 0.547. The number of carbonyl (C=O) groups is 1. The maximum atomic E-state index is 12.3. The van der Waals surface area contributed by atoms with E-state index in [1.165, 1.54) is 6.42 Å². The van der Waals surface area contributed by atoms with Crippen LogP contribution in [-0.2, 0) is 9.53 Å². The Hall–Kier alpha value is -0.650. The van der Waals surface area contributed by atoms with Gasteiger partial charge in [-0.2, -0.15) is 0 Å². The first-order valence-corrected chi connectivity index (χ1v) is 6.55. The first kappa shape index (κ1) is 12.8. The minimum absolute atomic E-state index is 0.0496. The number of quaternary nitrogens is 1. The van der Waals surface area contributed by atoms with Crippen LogP contribution in [0.2, 0.25) is 0 Å². The fourth-order valence-corrected chi connectivity index (χ4v) is 2.65. The molecule has 1 unspecified atom stereocenters. The van der Waals surface area contributed by atoms with E-state index < -0.39 is 0 Å². The third-order valence-electron chi connectivity index (χ3n) is 3.89. The number of hydrogen-bond donors (Lipinski definition) is 0. The van der Waals surface area contributed by atoms with Crippen molar-refractivity contribution in [3.8, 4) is 0 Å². The standard InChI is InChI=1S/C12H22N2O3/c1-11(13-10-17-9-12(13)15)5-8-14(16)6-3-2-4-7-14/h11H,2-10H2,1H3. The van der Waals surface area contributed by atoms with E-state index in [2.05, 4.69) is 0 Å². The lowest BCUT2D eigenvalue weighted by Gasteiger charge is -2.46. The molecule has 1 atom stereocenters. The van der Waals surface area contributed by atoms with Crippen molar-refractivity contribution in [3.63, 3.8) is 0 Å². The number of likely N-dealkylation sites (tertiary alicyclic amines) is 1. The molecule has 2 saturated heterocycles. The molecular formula is C12H22N2O3. The third kappa shape index (κ3) is 3.18. The van der Waals surface area contributed by atoms with Crippen LogP contribution in [0.25, 0.3) is 0 Å². The van der Waals surface area contributed by atoms with Gasteiger partial charge in [0.1, 0.15) is 13.3 Å². The average molecular weight is 242 g/mol. The van der Waals surface area contributed by atoms with Gasteiger partial charge in [0.25, 0.3) is 5.91 Å². The largest absolute Gasteiger partial charge is 0.633 e.